The molecule has 2 aromatic heterocycles. The molecule has 1 saturated carbocycles. The number of halogens is 1. The number of hydrogen-bond acceptors (Lipinski definition) is 7. The second kappa shape index (κ2) is 15.7. The minimum atomic E-state index is -0.616. The molecule has 0 bridgehead atoms. The molecular formula is C40H48FN7O3. The Kier molecular flexibility index (Phi) is 10.7. The first-order valence-electron chi connectivity index (χ1n) is 18.5. The van der Waals surface area contributed by atoms with Gasteiger partial charge in [-0.1, -0.05) is 36.4 Å². The number of fused-ring (bicyclic) bond motifs is 1. The molecule has 4 heterocycles. The molecule has 0 spiro atoms. The molecule has 0 radical (unpaired) electrons. The zero-order valence-corrected chi connectivity index (χ0v) is 29.5. The fraction of sp³-hybridized carbons (Fsp3) is 0.450. The number of carbonyl (C=O) groups excluding carboxylic acids is 2. The maximum atomic E-state index is 14.4. The first-order valence-corrected chi connectivity index (χ1v) is 18.5. The fourth-order valence-electron chi connectivity index (χ4n) is 7.73. The van der Waals surface area contributed by atoms with E-state index in [-0.39, 0.29) is 29.4 Å². The van der Waals surface area contributed by atoms with Crippen molar-refractivity contribution in [2.75, 3.05) is 19.6 Å². The highest BCUT2D eigenvalue weighted by molar-refractivity contribution is 5.96. The molecule has 2 atom stereocenters. The first kappa shape index (κ1) is 34.8. The third-order valence-corrected chi connectivity index (χ3v) is 10.3. The van der Waals surface area contributed by atoms with Gasteiger partial charge < -0.3 is 20.7 Å². The van der Waals surface area contributed by atoms with Crippen molar-refractivity contribution in [3.05, 3.63) is 95.2 Å². The van der Waals surface area contributed by atoms with E-state index in [1.54, 1.807) is 6.07 Å². The molecule has 2 aliphatic heterocycles. The summed E-state index contributed by atoms with van der Waals surface area (Å²) in [5, 5.41) is 14.2. The molecular weight excluding hydrogens is 645 g/mol. The zero-order valence-electron chi connectivity index (χ0n) is 29.5. The molecule has 4 aromatic rings. The van der Waals surface area contributed by atoms with E-state index in [0.29, 0.717) is 36.4 Å². The predicted molar refractivity (Wildman–Crippen MR) is 194 cm³/mol. The van der Waals surface area contributed by atoms with Crippen LogP contribution in [0.5, 0.6) is 11.6 Å². The van der Waals surface area contributed by atoms with Gasteiger partial charge in [-0.25, -0.2) is 9.37 Å². The van der Waals surface area contributed by atoms with Crippen LogP contribution in [0, 0.1) is 5.82 Å². The van der Waals surface area contributed by atoms with Crippen LogP contribution >= 0.6 is 0 Å². The number of amides is 2. The Balaban J connectivity index is 0.931. The van der Waals surface area contributed by atoms with Crippen LogP contribution in [0.25, 0.3) is 11.1 Å². The maximum Gasteiger partial charge on any atom is 0.272 e. The van der Waals surface area contributed by atoms with Crippen LogP contribution in [0.4, 0.5) is 4.39 Å². The number of nitrogens with one attached hydrogen (secondary N) is 3. The number of aryl methyl sites for hydroxylation is 2. The van der Waals surface area contributed by atoms with Gasteiger partial charge in [0, 0.05) is 56.0 Å². The monoisotopic (exact) mass is 693 g/mol. The van der Waals surface area contributed by atoms with E-state index in [4.69, 9.17) is 4.74 Å². The zero-order chi connectivity index (χ0) is 35.3. The largest absolute Gasteiger partial charge is 0.438 e. The van der Waals surface area contributed by atoms with Crippen LogP contribution < -0.4 is 20.7 Å². The van der Waals surface area contributed by atoms with Gasteiger partial charge in [-0.3, -0.25) is 19.2 Å². The number of nitrogens with zero attached hydrogens (tertiary/aromatic N) is 4. The Bertz CT molecular complexity index is 1800. The SMILES string of the molecule is C[C@@H]1CN(CCc2ccc(-c3cccc(Oc4ncc(F)cc4C(=O)N[C@H]4CC[C@@H](NC(=O)c5cc6n(n5)CCCC6)CC4)c3)cc2)C[C@H](C)N1. The molecule has 51 heavy (non-hydrogen) atoms. The van der Waals surface area contributed by atoms with E-state index in [9.17, 15) is 14.0 Å². The molecule has 0 unspecified atom stereocenters. The highest BCUT2D eigenvalue weighted by Gasteiger charge is 2.27. The van der Waals surface area contributed by atoms with Gasteiger partial charge in [0.15, 0.2) is 0 Å². The molecule has 2 fully saturated rings. The van der Waals surface area contributed by atoms with Crippen molar-refractivity contribution in [2.24, 2.45) is 0 Å². The quantitative estimate of drug-likeness (QED) is 0.189. The van der Waals surface area contributed by atoms with Crippen molar-refractivity contribution >= 4 is 11.8 Å². The van der Waals surface area contributed by atoms with E-state index >= 15 is 0 Å². The Morgan fingerprint density at radius 1 is 0.902 bits per heavy atom. The summed E-state index contributed by atoms with van der Waals surface area (Å²) in [6, 6.07) is 20.2. The lowest BCUT2D eigenvalue weighted by atomic mass is 9.91. The van der Waals surface area contributed by atoms with Crippen molar-refractivity contribution in [1.82, 2.24) is 35.6 Å². The summed E-state index contributed by atoms with van der Waals surface area (Å²) >= 11 is 0. The molecule has 3 aliphatic rings. The molecule has 7 rings (SSSR count). The molecule has 2 aromatic carbocycles. The lowest BCUT2D eigenvalue weighted by Gasteiger charge is -2.36. The summed E-state index contributed by atoms with van der Waals surface area (Å²) < 4.78 is 22.4. The summed E-state index contributed by atoms with van der Waals surface area (Å²) in [6.07, 6.45) is 8.03. The van der Waals surface area contributed by atoms with Crippen LogP contribution in [-0.4, -0.2) is 75.3 Å². The van der Waals surface area contributed by atoms with Crippen LogP contribution in [0.15, 0.2) is 66.9 Å². The van der Waals surface area contributed by atoms with E-state index in [1.165, 1.54) is 5.56 Å². The first-order chi connectivity index (χ1) is 24.8. The summed E-state index contributed by atoms with van der Waals surface area (Å²) in [5.74, 6) is -0.661. The lowest BCUT2D eigenvalue weighted by molar-refractivity contribution is 0.0887. The number of carbonyl (C=O) groups is 2. The van der Waals surface area contributed by atoms with Gasteiger partial charge >= 0.3 is 0 Å². The number of hydrogen-bond donors (Lipinski definition) is 3. The maximum absolute atomic E-state index is 14.4. The Morgan fingerprint density at radius 2 is 1.63 bits per heavy atom. The molecule has 1 aliphatic carbocycles. The number of pyridine rings is 1. The van der Waals surface area contributed by atoms with E-state index in [0.717, 1.165) is 93.8 Å². The minimum Gasteiger partial charge on any atom is -0.438 e. The fourth-order valence-corrected chi connectivity index (χ4v) is 7.73. The second-order valence-electron chi connectivity index (χ2n) is 14.5. The van der Waals surface area contributed by atoms with Gasteiger partial charge in [-0.15, -0.1) is 0 Å². The smallest absolute Gasteiger partial charge is 0.272 e. The van der Waals surface area contributed by atoms with Gasteiger partial charge in [0.25, 0.3) is 11.8 Å². The Morgan fingerprint density at radius 3 is 2.35 bits per heavy atom. The molecule has 2 amide bonds. The van der Waals surface area contributed by atoms with Crippen molar-refractivity contribution in [1.29, 1.82) is 0 Å². The van der Waals surface area contributed by atoms with Gasteiger partial charge in [0.2, 0.25) is 5.88 Å². The highest BCUT2D eigenvalue weighted by Crippen LogP contribution is 2.29. The number of benzene rings is 2. The standard InChI is InChI=1S/C40H48FN7O3/c1-26-24-47(25-27(2)43-26)19-17-28-9-11-29(12-10-28)30-6-5-8-35(20-30)51-40-36(21-31(41)23-42-40)38(49)44-32-13-15-33(16-14-32)45-39(50)37-22-34-7-3-4-18-48(34)46-37/h5-6,8-12,20-23,26-27,32-33,43H,3-4,7,13-19,24-25H2,1-2H3,(H,44,49)(H,45,50)/t26-,27+,32-,33+. The highest BCUT2D eigenvalue weighted by atomic mass is 19.1. The number of aromatic nitrogens is 3. The molecule has 1 saturated heterocycles. The van der Waals surface area contributed by atoms with E-state index < -0.39 is 11.7 Å². The van der Waals surface area contributed by atoms with Gasteiger partial charge in [-0.05, 0) is 106 Å². The Hall–Kier alpha value is -4.61. The van der Waals surface area contributed by atoms with Gasteiger partial charge in [-0.2, -0.15) is 5.10 Å². The third kappa shape index (κ3) is 8.83. The topological polar surface area (TPSA) is 113 Å². The van der Waals surface area contributed by atoms with Crippen LogP contribution in [-0.2, 0) is 19.4 Å². The number of piperazine rings is 1. The summed E-state index contributed by atoms with van der Waals surface area (Å²) in [5.41, 5.74) is 4.94. The summed E-state index contributed by atoms with van der Waals surface area (Å²) in [6.45, 7) is 8.51. The predicted octanol–water partition coefficient (Wildman–Crippen LogP) is 5.91. The molecule has 10 nitrogen and oxygen atoms in total. The van der Waals surface area contributed by atoms with Crippen LogP contribution in [0.2, 0.25) is 0 Å². The molecule has 11 heteroatoms. The number of rotatable bonds is 10. The van der Waals surface area contributed by atoms with Crippen LogP contribution in [0.1, 0.15) is 84.5 Å². The van der Waals surface area contributed by atoms with E-state index in [1.807, 2.05) is 28.9 Å². The van der Waals surface area contributed by atoms with Crippen molar-refractivity contribution < 1.29 is 18.7 Å². The van der Waals surface area contributed by atoms with Gasteiger partial charge in [0.05, 0.1) is 6.20 Å². The minimum absolute atomic E-state index is 0.00718. The molecule has 268 valence electrons. The summed E-state index contributed by atoms with van der Waals surface area (Å²) in [4.78, 5) is 33.0. The van der Waals surface area contributed by atoms with Crippen molar-refractivity contribution in [3.63, 3.8) is 0 Å². The molecule has 3 N–H and O–H groups in total. The average molecular weight is 694 g/mol. The van der Waals surface area contributed by atoms with Gasteiger partial charge in [0.1, 0.15) is 22.8 Å². The van der Waals surface area contributed by atoms with Crippen molar-refractivity contribution in [2.45, 2.75) is 95.9 Å². The normalized spacial score (nSPS) is 22.2. The second-order valence-corrected chi connectivity index (χ2v) is 14.5. The van der Waals surface area contributed by atoms with Crippen LogP contribution in [0.3, 0.4) is 0 Å². The lowest BCUT2D eigenvalue weighted by Crippen LogP contribution is -2.54. The average Bonchev–Trinajstić information content (AvgIpc) is 3.57. The Labute approximate surface area is 299 Å². The van der Waals surface area contributed by atoms with Crippen molar-refractivity contribution in [3.8, 4) is 22.8 Å². The summed E-state index contributed by atoms with van der Waals surface area (Å²) in [7, 11) is 0. The van der Waals surface area contributed by atoms with E-state index in [2.05, 4.69) is 69.0 Å². The number of ether oxygens (including phenoxy) is 1. The third-order valence-electron chi connectivity index (χ3n) is 10.3.